The van der Waals surface area contributed by atoms with E-state index in [1.165, 1.54) is 0 Å². The number of para-hydroxylation sites is 1. The van der Waals surface area contributed by atoms with Gasteiger partial charge < -0.3 is 14.8 Å². The van der Waals surface area contributed by atoms with Gasteiger partial charge in [-0.1, -0.05) is 67.4 Å². The number of phenols is 1. The molecule has 1 heterocycles. The summed E-state index contributed by atoms with van der Waals surface area (Å²) in [5, 5.41) is 12.2. The molecule has 0 amide bonds. The van der Waals surface area contributed by atoms with Gasteiger partial charge in [0.05, 0.1) is 5.41 Å². The van der Waals surface area contributed by atoms with Crippen LogP contribution < -0.4 is 4.74 Å². The summed E-state index contributed by atoms with van der Waals surface area (Å²) in [6, 6.07) is 24.0. The lowest BCUT2D eigenvalue weighted by atomic mass is 9.67. The first kappa shape index (κ1) is 18.7. The van der Waals surface area contributed by atoms with Crippen molar-refractivity contribution < 1.29 is 9.84 Å². The number of phenolic OH excluding ortho intramolecular Hbond substituents is 1. The third-order valence-electron chi connectivity index (χ3n) is 5.60. The minimum atomic E-state index is -0.518. The molecule has 3 nitrogen and oxygen atoms in total. The second kappa shape index (κ2) is 7.77. The number of H-pyrrole nitrogens is 1. The maximum absolute atomic E-state index is 11.0. The van der Waals surface area contributed by atoms with Crippen molar-refractivity contribution in [2.24, 2.45) is 0 Å². The molecule has 2 N–H and O–H groups in total. The van der Waals surface area contributed by atoms with Gasteiger partial charge in [-0.15, -0.1) is 6.42 Å². The second-order valence-corrected chi connectivity index (χ2v) is 7.04. The third-order valence-corrected chi connectivity index (χ3v) is 5.60. The van der Waals surface area contributed by atoms with Gasteiger partial charge in [0.25, 0.3) is 0 Å². The van der Waals surface area contributed by atoms with Crippen molar-refractivity contribution in [2.75, 3.05) is 6.61 Å². The zero-order valence-corrected chi connectivity index (χ0v) is 16.4. The number of hydrogen-bond donors (Lipinski definition) is 2. The van der Waals surface area contributed by atoms with E-state index in [9.17, 15) is 5.11 Å². The minimum Gasteiger partial charge on any atom is -0.507 e. The molecule has 144 valence electrons. The summed E-state index contributed by atoms with van der Waals surface area (Å²) in [5.74, 6) is 3.20. The van der Waals surface area contributed by atoms with Gasteiger partial charge in [-0.2, -0.15) is 0 Å². The van der Waals surface area contributed by atoms with Crippen LogP contribution in [0.5, 0.6) is 11.5 Å². The molecule has 3 aromatic carbocycles. The predicted molar refractivity (Wildman–Crippen MR) is 117 cm³/mol. The van der Waals surface area contributed by atoms with Crippen LogP contribution in [0, 0.1) is 12.3 Å². The molecule has 1 aromatic heterocycles. The Balaban J connectivity index is 1.99. The lowest BCUT2D eigenvalue weighted by Gasteiger charge is -2.35. The van der Waals surface area contributed by atoms with Crippen LogP contribution >= 0.6 is 0 Å². The summed E-state index contributed by atoms with van der Waals surface area (Å²) in [5.41, 5.74) is 3.65. The highest BCUT2D eigenvalue weighted by Crippen LogP contribution is 2.48. The van der Waals surface area contributed by atoms with Crippen molar-refractivity contribution in [2.45, 2.75) is 18.8 Å². The molecular weight excluding hydrogens is 358 g/mol. The van der Waals surface area contributed by atoms with Crippen molar-refractivity contribution in [3.05, 3.63) is 95.7 Å². The van der Waals surface area contributed by atoms with E-state index in [1.54, 1.807) is 6.07 Å². The molecule has 0 spiro atoms. The van der Waals surface area contributed by atoms with E-state index in [4.69, 9.17) is 11.2 Å². The van der Waals surface area contributed by atoms with Gasteiger partial charge >= 0.3 is 0 Å². The second-order valence-electron chi connectivity index (χ2n) is 7.04. The molecule has 0 aliphatic rings. The number of rotatable bonds is 6. The fourth-order valence-corrected chi connectivity index (χ4v) is 4.28. The Bertz CT molecular complexity index is 1170. The smallest absolute Gasteiger partial charge is 0.148 e. The topological polar surface area (TPSA) is 45.2 Å². The minimum absolute atomic E-state index is 0.166. The Labute approximate surface area is 171 Å². The molecular formula is C26H23NO2. The summed E-state index contributed by atoms with van der Waals surface area (Å²) < 4.78 is 5.50. The predicted octanol–water partition coefficient (Wildman–Crippen LogP) is 5.63. The zero-order chi connectivity index (χ0) is 20.3. The molecule has 3 heteroatoms. The molecule has 0 radical (unpaired) electrons. The Kier molecular flexibility index (Phi) is 5.01. The fraction of sp³-hybridized carbons (Fsp3) is 0.154. The molecule has 29 heavy (non-hydrogen) atoms. The summed E-state index contributed by atoms with van der Waals surface area (Å²) in [4.78, 5) is 3.40. The van der Waals surface area contributed by atoms with E-state index in [1.807, 2.05) is 42.5 Å². The summed E-state index contributed by atoms with van der Waals surface area (Å²) in [6.45, 7) is 2.32. The summed E-state index contributed by atoms with van der Waals surface area (Å²) in [6.07, 6.45) is 8.12. The van der Waals surface area contributed by atoms with Gasteiger partial charge in [0.1, 0.15) is 18.1 Å². The van der Waals surface area contributed by atoms with Crippen molar-refractivity contribution >= 4 is 10.9 Å². The SMILES string of the molecule is C#CCOc1ccc([C@@](CC)(c2ccccc2)c2c[nH]c3ccccc23)c(O)c1. The molecule has 1 atom stereocenters. The molecule has 4 aromatic rings. The first-order valence-electron chi connectivity index (χ1n) is 9.72. The number of nitrogens with one attached hydrogen (secondary N) is 1. The lowest BCUT2D eigenvalue weighted by Crippen LogP contribution is -2.28. The number of benzene rings is 3. The highest BCUT2D eigenvalue weighted by atomic mass is 16.5. The molecule has 0 aliphatic carbocycles. The normalized spacial score (nSPS) is 13.0. The van der Waals surface area contributed by atoms with Crippen molar-refractivity contribution in [3.8, 4) is 23.8 Å². The van der Waals surface area contributed by atoms with Crippen LogP contribution in [0.2, 0.25) is 0 Å². The Morgan fingerprint density at radius 1 is 1.00 bits per heavy atom. The van der Waals surface area contributed by atoms with Crippen LogP contribution in [-0.2, 0) is 5.41 Å². The van der Waals surface area contributed by atoms with Crippen molar-refractivity contribution in [3.63, 3.8) is 0 Å². The number of aromatic nitrogens is 1. The highest BCUT2D eigenvalue weighted by molar-refractivity contribution is 5.86. The van der Waals surface area contributed by atoms with Crippen LogP contribution in [0.25, 0.3) is 10.9 Å². The molecule has 0 saturated heterocycles. The number of terminal acetylenes is 1. The average molecular weight is 381 g/mol. The first-order valence-corrected chi connectivity index (χ1v) is 9.72. The Morgan fingerprint density at radius 2 is 1.76 bits per heavy atom. The molecule has 0 aliphatic heterocycles. The van der Waals surface area contributed by atoms with Gasteiger partial charge in [-0.25, -0.2) is 0 Å². The quantitative estimate of drug-likeness (QED) is 0.425. The molecule has 0 bridgehead atoms. The Hall–Kier alpha value is -3.64. The molecule has 4 rings (SSSR count). The van der Waals surface area contributed by atoms with Gasteiger partial charge in [0.15, 0.2) is 0 Å². The van der Waals surface area contributed by atoms with Gasteiger partial charge in [0.2, 0.25) is 0 Å². The van der Waals surface area contributed by atoms with E-state index in [-0.39, 0.29) is 12.4 Å². The maximum atomic E-state index is 11.0. The van der Waals surface area contributed by atoms with Gasteiger partial charge in [0, 0.05) is 28.7 Å². The largest absolute Gasteiger partial charge is 0.507 e. The van der Waals surface area contributed by atoms with Crippen molar-refractivity contribution in [1.82, 2.24) is 4.98 Å². The standard InChI is InChI=1S/C26H23NO2/c1-3-16-29-20-14-15-22(25(28)17-20)26(4-2,19-10-6-5-7-11-19)23-18-27-24-13-9-8-12-21(23)24/h1,5-15,17-18,27-28H,4,16H2,2H3/t26-/m1/s1. The van der Waals surface area contributed by atoms with E-state index < -0.39 is 5.41 Å². The van der Waals surface area contributed by atoms with Crippen LogP contribution in [-0.4, -0.2) is 16.7 Å². The van der Waals surface area contributed by atoms with E-state index in [2.05, 4.69) is 48.3 Å². The summed E-state index contributed by atoms with van der Waals surface area (Å²) in [7, 11) is 0. The van der Waals surface area contributed by atoms with Crippen LogP contribution in [0.3, 0.4) is 0 Å². The number of aromatic hydroxyl groups is 1. The average Bonchev–Trinajstić information content (AvgIpc) is 3.20. The zero-order valence-electron chi connectivity index (χ0n) is 16.4. The third kappa shape index (κ3) is 3.13. The number of ether oxygens (including phenoxy) is 1. The fourth-order valence-electron chi connectivity index (χ4n) is 4.28. The lowest BCUT2D eigenvalue weighted by molar-refractivity contribution is 0.365. The van der Waals surface area contributed by atoms with E-state index in [0.717, 1.165) is 34.0 Å². The monoisotopic (exact) mass is 381 g/mol. The number of aromatic amines is 1. The van der Waals surface area contributed by atoms with E-state index >= 15 is 0 Å². The maximum Gasteiger partial charge on any atom is 0.148 e. The van der Waals surface area contributed by atoms with Crippen LogP contribution in [0.4, 0.5) is 0 Å². The van der Waals surface area contributed by atoms with E-state index in [0.29, 0.717) is 5.75 Å². The van der Waals surface area contributed by atoms with Gasteiger partial charge in [-0.3, -0.25) is 0 Å². The molecule has 0 fully saturated rings. The summed E-state index contributed by atoms with van der Waals surface area (Å²) >= 11 is 0. The molecule has 0 saturated carbocycles. The highest BCUT2D eigenvalue weighted by Gasteiger charge is 2.38. The van der Waals surface area contributed by atoms with Crippen molar-refractivity contribution in [1.29, 1.82) is 0 Å². The van der Waals surface area contributed by atoms with Crippen LogP contribution in [0.15, 0.2) is 79.0 Å². The Morgan fingerprint density at radius 3 is 2.48 bits per heavy atom. The first-order chi connectivity index (χ1) is 14.2. The number of fused-ring (bicyclic) bond motifs is 1. The van der Waals surface area contributed by atoms with Gasteiger partial charge in [-0.05, 0) is 29.7 Å². The molecule has 0 unspecified atom stereocenters. The van der Waals surface area contributed by atoms with Crippen LogP contribution in [0.1, 0.15) is 30.0 Å². The number of hydrogen-bond acceptors (Lipinski definition) is 2.